The summed E-state index contributed by atoms with van der Waals surface area (Å²) in [5.74, 6) is 0.984. The van der Waals surface area contributed by atoms with Gasteiger partial charge in [-0.25, -0.2) is 4.79 Å². The molecule has 5 heteroatoms. The second-order valence-corrected chi connectivity index (χ2v) is 6.82. The van der Waals surface area contributed by atoms with E-state index < -0.39 is 5.97 Å². The lowest BCUT2D eigenvalue weighted by molar-refractivity contribution is -0.124. The minimum Gasteiger partial charge on any atom is -0.452 e. The first kappa shape index (κ1) is 19.1. The summed E-state index contributed by atoms with van der Waals surface area (Å²) < 4.78 is 5.09. The lowest BCUT2D eigenvalue weighted by Crippen LogP contribution is -2.30. The van der Waals surface area contributed by atoms with Crippen molar-refractivity contribution in [1.82, 2.24) is 5.32 Å². The molecule has 2 aromatic rings. The van der Waals surface area contributed by atoms with Gasteiger partial charge in [-0.05, 0) is 36.6 Å². The highest BCUT2D eigenvalue weighted by atomic mass is 32.2. The van der Waals surface area contributed by atoms with Crippen LogP contribution < -0.4 is 5.32 Å². The van der Waals surface area contributed by atoms with Crippen LogP contribution in [0.4, 0.5) is 0 Å². The van der Waals surface area contributed by atoms with Crippen LogP contribution in [0, 0.1) is 13.8 Å². The Morgan fingerprint density at radius 1 is 1.04 bits per heavy atom. The van der Waals surface area contributed by atoms with Crippen molar-refractivity contribution in [2.24, 2.45) is 0 Å². The van der Waals surface area contributed by atoms with Gasteiger partial charge in [0, 0.05) is 18.1 Å². The number of esters is 1. The van der Waals surface area contributed by atoms with Crippen LogP contribution in [0.5, 0.6) is 0 Å². The SMILES string of the molecule is Cc1cccc(C(=O)OCC(=O)NCCSCc2ccccc2)c1C. The molecule has 1 amide bonds. The fourth-order valence-electron chi connectivity index (χ4n) is 2.26. The zero-order valence-electron chi connectivity index (χ0n) is 14.6. The van der Waals surface area contributed by atoms with Gasteiger partial charge in [-0.3, -0.25) is 4.79 Å². The van der Waals surface area contributed by atoms with Crippen molar-refractivity contribution < 1.29 is 14.3 Å². The highest BCUT2D eigenvalue weighted by Gasteiger charge is 2.13. The number of amides is 1. The lowest BCUT2D eigenvalue weighted by Gasteiger charge is -2.09. The van der Waals surface area contributed by atoms with Crippen molar-refractivity contribution in [1.29, 1.82) is 0 Å². The average molecular weight is 357 g/mol. The first-order chi connectivity index (χ1) is 12.1. The van der Waals surface area contributed by atoms with Crippen LogP contribution in [0.1, 0.15) is 27.0 Å². The van der Waals surface area contributed by atoms with Crippen molar-refractivity contribution in [3.63, 3.8) is 0 Å². The molecule has 0 heterocycles. The van der Waals surface area contributed by atoms with Crippen LogP contribution in [0.15, 0.2) is 48.5 Å². The molecule has 0 saturated heterocycles. The maximum Gasteiger partial charge on any atom is 0.338 e. The molecule has 4 nitrogen and oxygen atoms in total. The fourth-order valence-corrected chi connectivity index (χ4v) is 3.08. The Morgan fingerprint density at radius 3 is 2.56 bits per heavy atom. The van der Waals surface area contributed by atoms with Crippen molar-refractivity contribution in [2.75, 3.05) is 18.9 Å². The third kappa shape index (κ3) is 6.27. The number of aryl methyl sites for hydroxylation is 1. The smallest absolute Gasteiger partial charge is 0.338 e. The molecule has 1 N–H and O–H groups in total. The zero-order valence-corrected chi connectivity index (χ0v) is 15.4. The first-order valence-electron chi connectivity index (χ1n) is 8.19. The van der Waals surface area contributed by atoms with E-state index in [1.165, 1.54) is 5.56 Å². The summed E-state index contributed by atoms with van der Waals surface area (Å²) in [6, 6.07) is 15.6. The topological polar surface area (TPSA) is 55.4 Å². The fraction of sp³-hybridized carbons (Fsp3) is 0.300. The van der Waals surface area contributed by atoms with Crippen LogP contribution in [0.25, 0.3) is 0 Å². The van der Waals surface area contributed by atoms with E-state index in [2.05, 4.69) is 17.4 Å². The Labute approximate surface area is 153 Å². The molecule has 0 unspecified atom stereocenters. The van der Waals surface area contributed by atoms with E-state index in [9.17, 15) is 9.59 Å². The third-order valence-electron chi connectivity index (χ3n) is 3.84. The highest BCUT2D eigenvalue weighted by Crippen LogP contribution is 2.13. The Morgan fingerprint density at radius 2 is 1.80 bits per heavy atom. The standard InChI is InChI=1S/C20H23NO3S/c1-15-7-6-10-18(16(15)2)20(23)24-13-19(22)21-11-12-25-14-17-8-4-3-5-9-17/h3-10H,11-14H2,1-2H3,(H,21,22). The molecule has 0 aliphatic rings. The zero-order chi connectivity index (χ0) is 18.1. The number of hydrogen-bond donors (Lipinski definition) is 1. The largest absolute Gasteiger partial charge is 0.452 e. The van der Waals surface area contributed by atoms with Gasteiger partial charge in [-0.2, -0.15) is 11.8 Å². The van der Waals surface area contributed by atoms with Gasteiger partial charge in [0.2, 0.25) is 0 Å². The normalized spacial score (nSPS) is 10.3. The monoisotopic (exact) mass is 357 g/mol. The maximum atomic E-state index is 12.0. The molecule has 0 aromatic heterocycles. The van der Waals surface area contributed by atoms with E-state index in [0.29, 0.717) is 12.1 Å². The second kappa shape index (κ2) is 9.89. The van der Waals surface area contributed by atoms with Crippen LogP contribution in [0.2, 0.25) is 0 Å². The lowest BCUT2D eigenvalue weighted by atomic mass is 10.0. The van der Waals surface area contributed by atoms with Crippen molar-refractivity contribution in [2.45, 2.75) is 19.6 Å². The Kier molecular flexibility index (Phi) is 7.54. The van der Waals surface area contributed by atoms with Crippen LogP contribution in [-0.4, -0.2) is 30.8 Å². The van der Waals surface area contributed by atoms with Gasteiger partial charge in [0.1, 0.15) is 0 Å². The van der Waals surface area contributed by atoms with Crippen LogP contribution in [-0.2, 0) is 15.3 Å². The average Bonchev–Trinajstić information content (AvgIpc) is 2.62. The van der Waals surface area contributed by atoms with Gasteiger partial charge in [0.15, 0.2) is 6.61 Å². The van der Waals surface area contributed by atoms with E-state index in [4.69, 9.17) is 4.74 Å². The number of thioether (sulfide) groups is 1. The minimum atomic E-state index is -0.463. The molecule has 0 bridgehead atoms. The summed E-state index contributed by atoms with van der Waals surface area (Å²) in [4.78, 5) is 23.8. The molecular weight excluding hydrogens is 334 g/mol. The molecule has 0 spiro atoms. The van der Waals surface area contributed by atoms with E-state index in [1.54, 1.807) is 17.8 Å². The van der Waals surface area contributed by atoms with E-state index in [0.717, 1.165) is 22.6 Å². The summed E-state index contributed by atoms with van der Waals surface area (Å²) in [5.41, 5.74) is 3.67. The minimum absolute atomic E-state index is 0.254. The molecule has 0 radical (unpaired) electrons. The number of rotatable bonds is 8. The summed E-state index contributed by atoms with van der Waals surface area (Å²) in [7, 11) is 0. The summed E-state index contributed by atoms with van der Waals surface area (Å²) in [6.45, 7) is 4.11. The molecule has 0 aliphatic heterocycles. The number of hydrogen-bond acceptors (Lipinski definition) is 4. The second-order valence-electron chi connectivity index (χ2n) is 5.71. The molecule has 0 saturated carbocycles. The first-order valence-corrected chi connectivity index (χ1v) is 9.35. The summed E-state index contributed by atoms with van der Waals surface area (Å²) >= 11 is 1.75. The number of carbonyl (C=O) groups excluding carboxylic acids is 2. The third-order valence-corrected chi connectivity index (χ3v) is 4.87. The van der Waals surface area contributed by atoms with Crippen molar-refractivity contribution in [3.05, 3.63) is 70.8 Å². The molecule has 0 aliphatic carbocycles. The predicted octanol–water partition coefficient (Wildman–Crippen LogP) is 3.51. The van der Waals surface area contributed by atoms with Gasteiger partial charge in [0.25, 0.3) is 5.91 Å². The molecule has 0 fully saturated rings. The van der Waals surface area contributed by atoms with Gasteiger partial charge in [0.05, 0.1) is 5.56 Å². The van der Waals surface area contributed by atoms with E-state index in [1.807, 2.05) is 44.2 Å². The molecule has 132 valence electrons. The Hall–Kier alpha value is -2.27. The number of nitrogens with one attached hydrogen (secondary N) is 1. The molecule has 2 rings (SSSR count). The molecule has 2 aromatic carbocycles. The van der Waals surface area contributed by atoms with E-state index >= 15 is 0 Å². The number of ether oxygens (including phenoxy) is 1. The van der Waals surface area contributed by atoms with E-state index in [-0.39, 0.29) is 12.5 Å². The maximum absolute atomic E-state index is 12.0. The van der Waals surface area contributed by atoms with Gasteiger partial charge in [-0.1, -0.05) is 42.5 Å². The Balaban J connectivity index is 1.63. The van der Waals surface area contributed by atoms with Crippen LogP contribution >= 0.6 is 11.8 Å². The number of benzene rings is 2. The quantitative estimate of drug-likeness (QED) is 0.580. The van der Waals surface area contributed by atoms with Gasteiger partial charge in [-0.15, -0.1) is 0 Å². The number of carbonyl (C=O) groups is 2. The summed E-state index contributed by atoms with van der Waals surface area (Å²) in [6.07, 6.45) is 0. The highest BCUT2D eigenvalue weighted by molar-refractivity contribution is 7.98. The molecular formula is C20H23NO3S. The predicted molar refractivity (Wildman–Crippen MR) is 102 cm³/mol. The Bertz CT molecular complexity index is 716. The molecule has 0 atom stereocenters. The van der Waals surface area contributed by atoms with Gasteiger partial charge < -0.3 is 10.1 Å². The van der Waals surface area contributed by atoms with Crippen molar-refractivity contribution in [3.8, 4) is 0 Å². The van der Waals surface area contributed by atoms with Crippen molar-refractivity contribution >= 4 is 23.6 Å². The van der Waals surface area contributed by atoms with Gasteiger partial charge >= 0.3 is 5.97 Å². The summed E-state index contributed by atoms with van der Waals surface area (Å²) in [5, 5.41) is 2.76. The molecule has 25 heavy (non-hydrogen) atoms. The van der Waals surface area contributed by atoms with Crippen LogP contribution in [0.3, 0.4) is 0 Å².